The molecule has 0 saturated heterocycles. The molecule has 1 unspecified atom stereocenters. The van der Waals surface area contributed by atoms with E-state index >= 15 is 0 Å². The molecule has 0 saturated carbocycles. The number of nitrogens with one attached hydrogen (secondary N) is 1. The van der Waals surface area contributed by atoms with Crippen molar-refractivity contribution in [3.8, 4) is 0 Å². The lowest BCUT2D eigenvalue weighted by atomic mass is 10.3. The average molecular weight is 362 g/mol. The fourth-order valence-electron chi connectivity index (χ4n) is 2.01. The average Bonchev–Trinajstić information content (AvgIpc) is 3.03. The number of halogens is 1. The highest BCUT2D eigenvalue weighted by Crippen LogP contribution is 2.28. The highest BCUT2D eigenvalue weighted by Gasteiger charge is 2.27. The third-order valence-electron chi connectivity index (χ3n) is 2.95. The van der Waals surface area contributed by atoms with E-state index in [0.717, 1.165) is 9.75 Å². The molecule has 3 rings (SSSR count). The van der Waals surface area contributed by atoms with E-state index in [9.17, 15) is 8.42 Å². The van der Waals surface area contributed by atoms with Gasteiger partial charge in [-0.15, -0.1) is 22.7 Å². The maximum absolute atomic E-state index is 12.6. The predicted molar refractivity (Wildman–Crippen MR) is 85.9 cm³/mol. The Labute approximate surface area is 135 Å². The van der Waals surface area contributed by atoms with Crippen molar-refractivity contribution in [1.29, 1.82) is 0 Å². The van der Waals surface area contributed by atoms with E-state index in [2.05, 4.69) is 9.71 Å². The third-order valence-corrected chi connectivity index (χ3v) is 6.83. The van der Waals surface area contributed by atoms with E-state index < -0.39 is 10.0 Å². The minimum Gasteiger partial charge on any atom is -0.279 e. The Bertz CT molecular complexity index is 894. The molecule has 0 aliphatic carbocycles. The fraction of sp³-hybridized carbons (Fsp3) is 0.250. The number of imidazole rings is 1. The van der Waals surface area contributed by atoms with Crippen LogP contribution in [0, 0.1) is 6.92 Å². The van der Waals surface area contributed by atoms with Gasteiger partial charge in [0.1, 0.15) is 0 Å². The minimum atomic E-state index is -3.75. The molecule has 3 heterocycles. The minimum absolute atomic E-state index is 0.0103. The van der Waals surface area contributed by atoms with Gasteiger partial charge in [0, 0.05) is 21.3 Å². The van der Waals surface area contributed by atoms with Gasteiger partial charge in [-0.25, -0.2) is 18.1 Å². The second kappa shape index (κ2) is 5.36. The summed E-state index contributed by atoms with van der Waals surface area (Å²) in [6.45, 7) is 3.79. The van der Waals surface area contributed by atoms with Crippen LogP contribution >= 0.6 is 34.3 Å². The van der Waals surface area contributed by atoms with Gasteiger partial charge < -0.3 is 0 Å². The number of aryl methyl sites for hydroxylation is 1. The first kappa shape index (κ1) is 15.0. The summed E-state index contributed by atoms with van der Waals surface area (Å²) >= 11 is 8.88. The van der Waals surface area contributed by atoms with Crippen LogP contribution in [-0.2, 0) is 10.0 Å². The van der Waals surface area contributed by atoms with Crippen molar-refractivity contribution in [3.63, 3.8) is 0 Å². The van der Waals surface area contributed by atoms with E-state index in [1.165, 1.54) is 15.7 Å². The maximum Gasteiger partial charge on any atom is 0.260 e. The van der Waals surface area contributed by atoms with Crippen molar-refractivity contribution in [1.82, 2.24) is 14.1 Å². The first-order valence-corrected chi connectivity index (χ1v) is 9.64. The van der Waals surface area contributed by atoms with Gasteiger partial charge in [-0.3, -0.25) is 4.40 Å². The smallest absolute Gasteiger partial charge is 0.260 e. The standard InChI is InChI=1S/C12H12ClN3O2S3/c1-7-3-4-9(20-7)8(2)15-21(17,18)11-10(13)14-12-16(11)5-6-19-12/h3-6,8,15H,1-2H3. The number of thiophene rings is 1. The van der Waals surface area contributed by atoms with Crippen molar-refractivity contribution in [2.45, 2.75) is 24.9 Å². The predicted octanol–water partition coefficient (Wildman–Crippen LogP) is 3.46. The largest absolute Gasteiger partial charge is 0.279 e. The molecule has 0 radical (unpaired) electrons. The maximum atomic E-state index is 12.6. The van der Waals surface area contributed by atoms with Crippen molar-refractivity contribution in [3.05, 3.63) is 38.6 Å². The zero-order valence-electron chi connectivity index (χ0n) is 11.2. The van der Waals surface area contributed by atoms with Crippen LogP contribution < -0.4 is 4.72 Å². The molecular weight excluding hydrogens is 350 g/mol. The summed E-state index contributed by atoms with van der Waals surface area (Å²) in [4.78, 5) is 6.70. The van der Waals surface area contributed by atoms with E-state index in [1.807, 2.05) is 26.0 Å². The molecule has 0 aliphatic heterocycles. The van der Waals surface area contributed by atoms with E-state index in [0.29, 0.717) is 4.96 Å². The number of rotatable bonds is 4. The molecule has 9 heteroatoms. The van der Waals surface area contributed by atoms with Crippen LogP contribution in [0.2, 0.25) is 5.15 Å². The second-order valence-electron chi connectivity index (χ2n) is 4.55. The van der Waals surface area contributed by atoms with Crippen molar-refractivity contribution in [2.24, 2.45) is 0 Å². The number of nitrogens with zero attached hydrogens (tertiary/aromatic N) is 2. The zero-order chi connectivity index (χ0) is 15.2. The molecule has 0 aliphatic rings. The molecule has 1 atom stereocenters. The third kappa shape index (κ3) is 2.74. The Hall–Kier alpha value is -0.930. The number of sulfonamides is 1. The van der Waals surface area contributed by atoms with Crippen LogP contribution in [-0.4, -0.2) is 17.8 Å². The van der Waals surface area contributed by atoms with Crippen molar-refractivity contribution >= 4 is 49.3 Å². The number of aromatic nitrogens is 2. The summed E-state index contributed by atoms with van der Waals surface area (Å²) in [5.74, 6) is 0. The van der Waals surface area contributed by atoms with Crippen molar-refractivity contribution in [2.75, 3.05) is 0 Å². The van der Waals surface area contributed by atoms with Gasteiger partial charge in [0.15, 0.2) is 15.1 Å². The lowest BCUT2D eigenvalue weighted by molar-refractivity contribution is 0.564. The summed E-state index contributed by atoms with van der Waals surface area (Å²) in [5, 5.41) is 1.74. The Morgan fingerprint density at radius 3 is 2.86 bits per heavy atom. The first-order valence-electron chi connectivity index (χ1n) is 6.08. The van der Waals surface area contributed by atoms with Crippen LogP contribution in [0.3, 0.4) is 0 Å². The monoisotopic (exact) mass is 361 g/mol. The molecule has 0 bridgehead atoms. The number of hydrogen-bond donors (Lipinski definition) is 1. The van der Waals surface area contributed by atoms with Gasteiger partial charge in [0.05, 0.1) is 6.04 Å². The summed E-state index contributed by atoms with van der Waals surface area (Å²) in [6.07, 6.45) is 1.65. The Balaban J connectivity index is 1.97. The SMILES string of the molecule is Cc1ccc(C(C)NS(=O)(=O)c2c(Cl)nc3sccn23)s1. The van der Waals surface area contributed by atoms with E-state index in [-0.39, 0.29) is 16.2 Å². The summed E-state index contributed by atoms with van der Waals surface area (Å²) in [7, 11) is -3.75. The highest BCUT2D eigenvalue weighted by atomic mass is 35.5. The highest BCUT2D eigenvalue weighted by molar-refractivity contribution is 7.89. The van der Waals surface area contributed by atoms with Crippen LogP contribution in [0.5, 0.6) is 0 Å². The van der Waals surface area contributed by atoms with Crippen LogP contribution in [0.1, 0.15) is 22.7 Å². The Kier molecular flexibility index (Phi) is 3.83. The molecule has 3 aromatic rings. The van der Waals surface area contributed by atoms with Crippen molar-refractivity contribution < 1.29 is 8.42 Å². The van der Waals surface area contributed by atoms with Gasteiger partial charge >= 0.3 is 0 Å². The molecule has 1 N–H and O–H groups in total. The normalized spacial score (nSPS) is 13.9. The Morgan fingerprint density at radius 2 is 2.19 bits per heavy atom. The lowest BCUT2D eigenvalue weighted by Gasteiger charge is -2.12. The molecule has 0 aromatic carbocycles. The van der Waals surface area contributed by atoms with Crippen LogP contribution in [0.25, 0.3) is 4.96 Å². The number of fused-ring (bicyclic) bond motifs is 1. The first-order chi connectivity index (χ1) is 9.88. The fourth-order valence-corrected chi connectivity index (χ4v) is 5.64. The second-order valence-corrected chi connectivity index (χ2v) is 8.73. The molecule has 3 aromatic heterocycles. The Morgan fingerprint density at radius 1 is 1.43 bits per heavy atom. The summed E-state index contributed by atoms with van der Waals surface area (Å²) < 4.78 is 29.3. The number of thiazole rings is 1. The molecule has 112 valence electrons. The van der Waals surface area contributed by atoms with Gasteiger partial charge in [0.2, 0.25) is 0 Å². The quantitative estimate of drug-likeness (QED) is 0.774. The van der Waals surface area contributed by atoms with E-state index in [4.69, 9.17) is 11.6 Å². The molecule has 21 heavy (non-hydrogen) atoms. The lowest BCUT2D eigenvalue weighted by Crippen LogP contribution is -2.27. The van der Waals surface area contributed by atoms with Gasteiger partial charge in [-0.05, 0) is 26.0 Å². The molecular formula is C12H12ClN3O2S3. The molecule has 0 spiro atoms. The van der Waals surface area contributed by atoms with E-state index in [1.54, 1.807) is 22.9 Å². The van der Waals surface area contributed by atoms with Gasteiger partial charge in [0.25, 0.3) is 10.0 Å². The molecule has 5 nitrogen and oxygen atoms in total. The molecule has 0 fully saturated rings. The number of hydrogen-bond acceptors (Lipinski definition) is 5. The summed E-state index contributed by atoms with van der Waals surface area (Å²) in [6, 6.07) is 3.56. The van der Waals surface area contributed by atoms with Crippen LogP contribution in [0.15, 0.2) is 28.7 Å². The van der Waals surface area contributed by atoms with Gasteiger partial charge in [-0.2, -0.15) is 0 Å². The summed E-state index contributed by atoms with van der Waals surface area (Å²) in [5.41, 5.74) is 0. The molecule has 0 amide bonds. The van der Waals surface area contributed by atoms with Crippen LogP contribution in [0.4, 0.5) is 0 Å². The van der Waals surface area contributed by atoms with Gasteiger partial charge in [-0.1, -0.05) is 11.6 Å². The topological polar surface area (TPSA) is 63.5 Å². The zero-order valence-corrected chi connectivity index (χ0v) is 14.4.